The van der Waals surface area contributed by atoms with Crippen LogP contribution in [0.25, 0.3) is 0 Å². The minimum absolute atomic E-state index is 0.313. The van der Waals surface area contributed by atoms with Crippen LogP contribution in [0, 0.1) is 5.82 Å². The van der Waals surface area contributed by atoms with Crippen LogP contribution in [0.1, 0.15) is 5.56 Å². The van der Waals surface area contributed by atoms with Gasteiger partial charge in [0, 0.05) is 12.1 Å². The van der Waals surface area contributed by atoms with E-state index in [0.29, 0.717) is 17.9 Å². The largest absolute Gasteiger partial charge is 0.496 e. The quantitative estimate of drug-likeness (QED) is 0.815. The average molecular weight is 246 g/mol. The van der Waals surface area contributed by atoms with E-state index in [4.69, 9.17) is 10.5 Å². The molecule has 94 valence electrons. The van der Waals surface area contributed by atoms with Crippen LogP contribution < -0.4 is 15.8 Å². The molecule has 4 heteroatoms. The fourth-order valence-electron chi connectivity index (χ4n) is 1.72. The molecule has 0 saturated carbocycles. The van der Waals surface area contributed by atoms with Crippen LogP contribution in [0.3, 0.4) is 0 Å². The zero-order chi connectivity index (χ0) is 13.0. The van der Waals surface area contributed by atoms with Crippen molar-refractivity contribution in [3.05, 3.63) is 53.8 Å². The third kappa shape index (κ3) is 2.71. The summed E-state index contributed by atoms with van der Waals surface area (Å²) >= 11 is 0. The molecule has 0 bridgehead atoms. The number of anilines is 2. The van der Waals surface area contributed by atoms with Crippen molar-refractivity contribution >= 4 is 11.4 Å². The Morgan fingerprint density at radius 3 is 2.78 bits per heavy atom. The molecule has 0 unspecified atom stereocenters. The SMILES string of the molecule is COc1ccccc1CNc1cc(F)ccc1N. The molecule has 0 fully saturated rings. The van der Waals surface area contributed by atoms with Crippen LogP contribution in [-0.2, 0) is 6.54 Å². The summed E-state index contributed by atoms with van der Waals surface area (Å²) in [5, 5.41) is 3.10. The van der Waals surface area contributed by atoms with Crippen molar-refractivity contribution in [1.82, 2.24) is 0 Å². The van der Waals surface area contributed by atoms with Gasteiger partial charge in [0.05, 0.1) is 18.5 Å². The number of benzene rings is 2. The molecule has 0 amide bonds. The highest BCUT2D eigenvalue weighted by molar-refractivity contribution is 5.66. The number of rotatable bonds is 4. The second-order valence-corrected chi connectivity index (χ2v) is 3.90. The van der Waals surface area contributed by atoms with Gasteiger partial charge < -0.3 is 15.8 Å². The van der Waals surface area contributed by atoms with Crippen molar-refractivity contribution < 1.29 is 9.13 Å². The highest BCUT2D eigenvalue weighted by Crippen LogP contribution is 2.22. The molecule has 0 radical (unpaired) electrons. The molecular weight excluding hydrogens is 231 g/mol. The van der Waals surface area contributed by atoms with Crippen LogP contribution in [0.5, 0.6) is 5.75 Å². The van der Waals surface area contributed by atoms with Gasteiger partial charge in [-0.15, -0.1) is 0 Å². The van der Waals surface area contributed by atoms with E-state index in [1.165, 1.54) is 12.1 Å². The fourth-order valence-corrected chi connectivity index (χ4v) is 1.72. The smallest absolute Gasteiger partial charge is 0.125 e. The number of nitrogens with two attached hydrogens (primary N) is 1. The molecule has 2 aromatic carbocycles. The number of nitrogen functional groups attached to an aromatic ring is 1. The van der Waals surface area contributed by atoms with Crippen molar-refractivity contribution in [2.75, 3.05) is 18.2 Å². The lowest BCUT2D eigenvalue weighted by atomic mass is 10.2. The molecule has 0 aliphatic heterocycles. The first kappa shape index (κ1) is 12.2. The maximum absolute atomic E-state index is 13.1. The number of halogens is 1. The molecule has 0 atom stereocenters. The van der Waals surface area contributed by atoms with Gasteiger partial charge in [-0.1, -0.05) is 18.2 Å². The Balaban J connectivity index is 2.14. The lowest BCUT2D eigenvalue weighted by Crippen LogP contribution is -2.04. The van der Waals surface area contributed by atoms with Gasteiger partial charge in [-0.3, -0.25) is 0 Å². The molecule has 0 saturated heterocycles. The van der Waals surface area contributed by atoms with Crippen molar-refractivity contribution in [3.8, 4) is 5.75 Å². The molecule has 0 aliphatic carbocycles. The molecule has 0 heterocycles. The number of ether oxygens (including phenoxy) is 1. The summed E-state index contributed by atoms with van der Waals surface area (Å²) < 4.78 is 18.3. The van der Waals surface area contributed by atoms with Gasteiger partial charge in [0.25, 0.3) is 0 Å². The van der Waals surface area contributed by atoms with Crippen molar-refractivity contribution in [2.24, 2.45) is 0 Å². The number of hydrogen-bond acceptors (Lipinski definition) is 3. The Hall–Kier alpha value is -2.23. The first-order valence-corrected chi connectivity index (χ1v) is 5.61. The summed E-state index contributed by atoms with van der Waals surface area (Å²) in [5.74, 6) is 0.478. The number of nitrogens with one attached hydrogen (secondary N) is 1. The van der Waals surface area contributed by atoms with Gasteiger partial charge >= 0.3 is 0 Å². The normalized spacial score (nSPS) is 10.1. The lowest BCUT2D eigenvalue weighted by molar-refractivity contribution is 0.410. The number of para-hydroxylation sites is 1. The van der Waals surface area contributed by atoms with E-state index in [2.05, 4.69) is 5.32 Å². The van der Waals surface area contributed by atoms with Crippen LogP contribution in [0.15, 0.2) is 42.5 Å². The van der Waals surface area contributed by atoms with E-state index in [-0.39, 0.29) is 5.82 Å². The molecule has 2 rings (SSSR count). The molecular formula is C14H15FN2O. The number of hydrogen-bond donors (Lipinski definition) is 2. The second kappa shape index (κ2) is 5.40. The van der Waals surface area contributed by atoms with Gasteiger partial charge in [0.1, 0.15) is 11.6 Å². The molecule has 2 aromatic rings. The third-order valence-corrected chi connectivity index (χ3v) is 2.68. The zero-order valence-corrected chi connectivity index (χ0v) is 10.1. The predicted octanol–water partition coefficient (Wildman–Crippen LogP) is 3.03. The minimum Gasteiger partial charge on any atom is -0.496 e. The molecule has 3 nitrogen and oxygen atoms in total. The maximum Gasteiger partial charge on any atom is 0.125 e. The van der Waals surface area contributed by atoms with Gasteiger partial charge in [-0.05, 0) is 24.3 Å². The lowest BCUT2D eigenvalue weighted by Gasteiger charge is -2.12. The summed E-state index contributed by atoms with van der Waals surface area (Å²) in [7, 11) is 1.62. The van der Waals surface area contributed by atoms with Crippen molar-refractivity contribution in [1.29, 1.82) is 0 Å². The van der Waals surface area contributed by atoms with E-state index in [1.54, 1.807) is 13.2 Å². The average Bonchev–Trinajstić information content (AvgIpc) is 2.40. The second-order valence-electron chi connectivity index (χ2n) is 3.90. The zero-order valence-electron chi connectivity index (χ0n) is 10.1. The molecule has 3 N–H and O–H groups in total. The van der Waals surface area contributed by atoms with E-state index >= 15 is 0 Å². The van der Waals surface area contributed by atoms with E-state index in [0.717, 1.165) is 11.3 Å². The highest BCUT2D eigenvalue weighted by Gasteiger charge is 2.04. The molecule has 0 spiro atoms. The van der Waals surface area contributed by atoms with Crippen LogP contribution in [0.2, 0.25) is 0 Å². The Kier molecular flexibility index (Phi) is 3.67. The van der Waals surface area contributed by atoms with E-state index in [9.17, 15) is 4.39 Å². The highest BCUT2D eigenvalue weighted by atomic mass is 19.1. The van der Waals surface area contributed by atoms with Gasteiger partial charge in [0.2, 0.25) is 0 Å². The fraction of sp³-hybridized carbons (Fsp3) is 0.143. The van der Waals surface area contributed by atoms with Crippen LogP contribution in [-0.4, -0.2) is 7.11 Å². The summed E-state index contributed by atoms with van der Waals surface area (Å²) in [6.07, 6.45) is 0. The van der Waals surface area contributed by atoms with Crippen LogP contribution in [0.4, 0.5) is 15.8 Å². The van der Waals surface area contributed by atoms with Crippen molar-refractivity contribution in [2.45, 2.75) is 6.54 Å². The summed E-state index contributed by atoms with van der Waals surface area (Å²) in [6, 6.07) is 11.9. The monoisotopic (exact) mass is 246 g/mol. The Labute approximate surface area is 105 Å². The first-order valence-electron chi connectivity index (χ1n) is 5.61. The summed E-state index contributed by atoms with van der Waals surface area (Å²) in [4.78, 5) is 0. The van der Waals surface area contributed by atoms with E-state index in [1.807, 2.05) is 24.3 Å². The third-order valence-electron chi connectivity index (χ3n) is 2.68. The molecule has 0 aliphatic rings. The topological polar surface area (TPSA) is 47.3 Å². The molecule has 0 aromatic heterocycles. The molecule has 18 heavy (non-hydrogen) atoms. The summed E-state index contributed by atoms with van der Waals surface area (Å²) in [6.45, 7) is 0.525. The van der Waals surface area contributed by atoms with Crippen LogP contribution >= 0.6 is 0 Å². The standard InChI is InChI=1S/C14H15FN2O/c1-18-14-5-3-2-4-10(14)9-17-13-8-11(15)6-7-12(13)16/h2-8,17H,9,16H2,1H3. The predicted molar refractivity (Wildman–Crippen MR) is 71.1 cm³/mol. The maximum atomic E-state index is 13.1. The Bertz CT molecular complexity index is 543. The van der Waals surface area contributed by atoms with E-state index < -0.39 is 0 Å². The Morgan fingerprint density at radius 1 is 1.22 bits per heavy atom. The Morgan fingerprint density at radius 2 is 2.00 bits per heavy atom. The van der Waals surface area contributed by atoms with Gasteiger partial charge in [0.15, 0.2) is 0 Å². The van der Waals surface area contributed by atoms with Gasteiger partial charge in [-0.2, -0.15) is 0 Å². The minimum atomic E-state index is -0.313. The number of methoxy groups -OCH3 is 1. The first-order chi connectivity index (χ1) is 8.70. The van der Waals surface area contributed by atoms with Gasteiger partial charge in [-0.25, -0.2) is 4.39 Å². The summed E-state index contributed by atoms with van der Waals surface area (Å²) in [5.41, 5.74) is 7.86. The van der Waals surface area contributed by atoms with Crippen molar-refractivity contribution in [3.63, 3.8) is 0 Å².